The molecule has 98 valence electrons. The quantitative estimate of drug-likeness (QED) is 0.709. The maximum Gasteiger partial charge on any atom is 0.416 e. The van der Waals surface area contributed by atoms with E-state index in [0.29, 0.717) is 0 Å². The van der Waals surface area contributed by atoms with Gasteiger partial charge in [0, 0.05) is 0 Å². The lowest BCUT2D eigenvalue weighted by Crippen LogP contribution is -2.09. The smallest absolute Gasteiger partial charge is 0.221 e. The minimum atomic E-state index is -4.35. The van der Waals surface area contributed by atoms with E-state index >= 15 is 0 Å². The number of aliphatic imine (C=N–C) groups is 2. The SMILES string of the molecule is CC(C)(C)N=C=NCc1ccccc1C(F)(F)F. The van der Waals surface area contributed by atoms with Gasteiger partial charge in [0.05, 0.1) is 23.7 Å². The molecule has 0 atom stereocenters. The van der Waals surface area contributed by atoms with E-state index in [2.05, 4.69) is 16.0 Å². The topological polar surface area (TPSA) is 24.7 Å². The maximum atomic E-state index is 12.7. The first-order valence-corrected chi connectivity index (χ1v) is 5.48. The Hall–Kier alpha value is -1.61. The van der Waals surface area contributed by atoms with Crippen molar-refractivity contribution in [2.24, 2.45) is 9.98 Å². The third-order valence-corrected chi connectivity index (χ3v) is 2.03. The Kier molecular flexibility index (Phi) is 4.30. The van der Waals surface area contributed by atoms with Crippen LogP contribution in [0.5, 0.6) is 0 Å². The lowest BCUT2D eigenvalue weighted by atomic mass is 10.1. The highest BCUT2D eigenvalue weighted by molar-refractivity contribution is 5.43. The zero-order chi connectivity index (χ0) is 13.8. The second kappa shape index (κ2) is 5.36. The van der Waals surface area contributed by atoms with Crippen molar-refractivity contribution < 1.29 is 13.2 Å². The summed E-state index contributed by atoms with van der Waals surface area (Å²) in [4.78, 5) is 7.75. The van der Waals surface area contributed by atoms with Crippen molar-refractivity contribution in [2.45, 2.75) is 39.0 Å². The molecule has 0 N–H and O–H groups in total. The monoisotopic (exact) mass is 256 g/mol. The van der Waals surface area contributed by atoms with E-state index in [4.69, 9.17) is 0 Å². The van der Waals surface area contributed by atoms with Gasteiger partial charge < -0.3 is 0 Å². The van der Waals surface area contributed by atoms with Gasteiger partial charge in [-0.3, -0.25) is 0 Å². The molecule has 1 aromatic carbocycles. The van der Waals surface area contributed by atoms with Gasteiger partial charge >= 0.3 is 6.18 Å². The molecule has 0 fully saturated rings. The Morgan fingerprint density at radius 3 is 2.28 bits per heavy atom. The van der Waals surface area contributed by atoms with Gasteiger partial charge in [0.2, 0.25) is 0 Å². The van der Waals surface area contributed by atoms with E-state index in [1.54, 1.807) is 6.07 Å². The summed E-state index contributed by atoms with van der Waals surface area (Å²) in [5, 5.41) is 0. The molecule has 0 aliphatic heterocycles. The van der Waals surface area contributed by atoms with Crippen LogP contribution in [-0.2, 0) is 12.7 Å². The maximum absolute atomic E-state index is 12.7. The molecular weight excluding hydrogens is 241 g/mol. The summed E-state index contributed by atoms with van der Waals surface area (Å²) < 4.78 is 38.0. The molecule has 0 heterocycles. The molecule has 0 aliphatic rings. The number of alkyl halides is 3. The van der Waals surface area contributed by atoms with Gasteiger partial charge in [-0.15, -0.1) is 0 Å². The van der Waals surface area contributed by atoms with Crippen LogP contribution >= 0.6 is 0 Å². The zero-order valence-corrected chi connectivity index (χ0v) is 10.5. The van der Waals surface area contributed by atoms with Crippen molar-refractivity contribution >= 4 is 6.01 Å². The first-order chi connectivity index (χ1) is 8.20. The Labute approximate surface area is 104 Å². The summed E-state index contributed by atoms with van der Waals surface area (Å²) in [6.45, 7) is 5.51. The van der Waals surface area contributed by atoms with Crippen LogP contribution in [0.4, 0.5) is 13.2 Å². The van der Waals surface area contributed by atoms with Gasteiger partial charge in [-0.05, 0) is 32.4 Å². The highest BCUT2D eigenvalue weighted by Gasteiger charge is 2.32. The van der Waals surface area contributed by atoms with E-state index in [1.165, 1.54) is 12.1 Å². The highest BCUT2D eigenvalue weighted by atomic mass is 19.4. The van der Waals surface area contributed by atoms with Crippen LogP contribution < -0.4 is 0 Å². The second-order valence-corrected chi connectivity index (χ2v) is 4.85. The van der Waals surface area contributed by atoms with Gasteiger partial charge in [-0.25, -0.2) is 9.98 Å². The van der Waals surface area contributed by atoms with Crippen LogP contribution in [0, 0.1) is 0 Å². The van der Waals surface area contributed by atoms with Gasteiger partial charge in [0.25, 0.3) is 0 Å². The fourth-order valence-corrected chi connectivity index (χ4v) is 1.24. The number of hydrogen-bond donors (Lipinski definition) is 0. The van der Waals surface area contributed by atoms with E-state index < -0.39 is 11.7 Å². The van der Waals surface area contributed by atoms with Crippen molar-refractivity contribution in [1.29, 1.82) is 0 Å². The van der Waals surface area contributed by atoms with Crippen molar-refractivity contribution in [3.63, 3.8) is 0 Å². The normalized spacial score (nSPS) is 11.9. The van der Waals surface area contributed by atoms with E-state index in [0.717, 1.165) is 6.07 Å². The predicted octanol–water partition coefficient (Wildman–Crippen LogP) is 4.18. The van der Waals surface area contributed by atoms with E-state index in [9.17, 15) is 13.2 Å². The molecule has 0 spiro atoms. The average Bonchev–Trinajstić information content (AvgIpc) is 2.22. The molecule has 5 heteroatoms. The van der Waals surface area contributed by atoms with Crippen LogP contribution in [0.25, 0.3) is 0 Å². The summed E-state index contributed by atoms with van der Waals surface area (Å²) in [6, 6.07) is 7.81. The van der Waals surface area contributed by atoms with Crippen LogP contribution in [0.2, 0.25) is 0 Å². The fraction of sp³-hybridized carbons (Fsp3) is 0.462. The number of nitrogens with zero attached hydrogens (tertiary/aromatic N) is 2. The largest absolute Gasteiger partial charge is 0.416 e. The summed E-state index contributed by atoms with van der Waals surface area (Å²) >= 11 is 0. The summed E-state index contributed by atoms with van der Waals surface area (Å²) in [6.07, 6.45) is -4.35. The molecule has 0 aliphatic carbocycles. The lowest BCUT2D eigenvalue weighted by Gasteiger charge is -2.10. The molecule has 0 bridgehead atoms. The lowest BCUT2D eigenvalue weighted by molar-refractivity contribution is -0.138. The van der Waals surface area contributed by atoms with Crippen LogP contribution in [0.1, 0.15) is 31.9 Å². The van der Waals surface area contributed by atoms with Gasteiger partial charge in [-0.2, -0.15) is 13.2 Å². The second-order valence-electron chi connectivity index (χ2n) is 4.85. The Morgan fingerprint density at radius 2 is 1.72 bits per heavy atom. The number of rotatable bonds is 2. The molecule has 18 heavy (non-hydrogen) atoms. The minimum Gasteiger partial charge on any atom is -0.221 e. The third-order valence-electron chi connectivity index (χ3n) is 2.03. The zero-order valence-electron chi connectivity index (χ0n) is 10.5. The summed E-state index contributed by atoms with van der Waals surface area (Å²) in [5.41, 5.74) is -0.861. The van der Waals surface area contributed by atoms with Gasteiger partial charge in [0.1, 0.15) is 0 Å². The predicted molar refractivity (Wildman–Crippen MR) is 64.8 cm³/mol. The molecule has 0 amide bonds. The molecule has 2 nitrogen and oxygen atoms in total. The third kappa shape index (κ3) is 4.72. The fourth-order valence-electron chi connectivity index (χ4n) is 1.24. The van der Waals surface area contributed by atoms with Crippen molar-refractivity contribution in [2.75, 3.05) is 0 Å². The van der Waals surface area contributed by atoms with Crippen molar-refractivity contribution in [1.82, 2.24) is 0 Å². The molecule has 0 saturated carbocycles. The minimum absolute atomic E-state index is 0.0741. The Bertz CT molecular complexity index is 464. The Morgan fingerprint density at radius 1 is 1.11 bits per heavy atom. The first-order valence-electron chi connectivity index (χ1n) is 5.48. The van der Waals surface area contributed by atoms with Crippen molar-refractivity contribution in [3.05, 3.63) is 35.4 Å². The van der Waals surface area contributed by atoms with E-state index in [-0.39, 0.29) is 17.6 Å². The number of halogens is 3. The summed E-state index contributed by atoms with van der Waals surface area (Å²) in [7, 11) is 0. The van der Waals surface area contributed by atoms with Crippen LogP contribution in [0.3, 0.4) is 0 Å². The average molecular weight is 256 g/mol. The van der Waals surface area contributed by atoms with Gasteiger partial charge in [0.15, 0.2) is 0 Å². The molecule has 0 saturated heterocycles. The molecule has 1 aromatic rings. The molecule has 1 rings (SSSR count). The molecule has 0 radical (unpaired) electrons. The number of benzene rings is 1. The van der Waals surface area contributed by atoms with E-state index in [1.807, 2.05) is 20.8 Å². The summed E-state index contributed by atoms with van der Waals surface area (Å²) in [5.74, 6) is 0. The van der Waals surface area contributed by atoms with Crippen LogP contribution in [-0.4, -0.2) is 11.5 Å². The first kappa shape index (κ1) is 14.5. The highest BCUT2D eigenvalue weighted by Crippen LogP contribution is 2.31. The van der Waals surface area contributed by atoms with Crippen LogP contribution in [0.15, 0.2) is 34.3 Å². The molecular formula is C13H15F3N2. The number of hydrogen-bond acceptors (Lipinski definition) is 2. The standard InChI is InChI=1S/C13H15F3N2/c1-12(2,3)18-9-17-8-10-6-4-5-7-11(10)13(14,15)16/h4-7H,8H2,1-3H3. The van der Waals surface area contributed by atoms with Gasteiger partial charge in [-0.1, -0.05) is 18.2 Å². The Balaban J connectivity index is 2.90. The van der Waals surface area contributed by atoms with Crippen molar-refractivity contribution in [3.8, 4) is 0 Å². The molecule has 0 aromatic heterocycles. The molecule has 0 unspecified atom stereocenters.